The van der Waals surface area contributed by atoms with Crippen LogP contribution in [0.1, 0.15) is 11.4 Å². The average Bonchev–Trinajstić information content (AvgIpc) is 3.11. The predicted molar refractivity (Wildman–Crippen MR) is 129 cm³/mol. The zero-order valence-electron chi connectivity index (χ0n) is 16.8. The number of halogens is 1. The van der Waals surface area contributed by atoms with Crippen LogP contribution in [0, 0.1) is 0 Å². The van der Waals surface area contributed by atoms with Gasteiger partial charge in [0.2, 0.25) is 5.91 Å². The van der Waals surface area contributed by atoms with Gasteiger partial charge >= 0.3 is 0 Å². The van der Waals surface area contributed by atoms with Crippen molar-refractivity contribution in [2.24, 2.45) is 0 Å². The molecule has 1 heterocycles. The van der Waals surface area contributed by atoms with Crippen molar-refractivity contribution in [3.05, 3.63) is 107 Å². The van der Waals surface area contributed by atoms with Crippen molar-refractivity contribution in [1.82, 2.24) is 9.55 Å². The molecule has 0 atom stereocenters. The maximum Gasteiger partial charge on any atom is 0.244 e. The number of carbonyl (C=O) groups excluding carboxylic acids is 1. The van der Waals surface area contributed by atoms with Crippen LogP contribution in [0.25, 0.3) is 21.8 Å². The summed E-state index contributed by atoms with van der Waals surface area (Å²) in [5, 5.41) is 5.40. The van der Waals surface area contributed by atoms with Crippen LogP contribution in [-0.4, -0.2) is 15.5 Å². The number of imidazole rings is 1. The maximum atomic E-state index is 12.9. The number of para-hydroxylation sites is 2. The summed E-state index contributed by atoms with van der Waals surface area (Å²) in [6.07, 6.45) is 0.653. The normalized spacial score (nSPS) is 11.1. The molecule has 0 unspecified atom stereocenters. The van der Waals surface area contributed by atoms with Gasteiger partial charge in [-0.25, -0.2) is 4.98 Å². The zero-order valence-corrected chi connectivity index (χ0v) is 18.3. The van der Waals surface area contributed by atoms with Crippen LogP contribution in [0.5, 0.6) is 0 Å². The minimum Gasteiger partial charge on any atom is -0.324 e. The molecule has 0 spiro atoms. The van der Waals surface area contributed by atoms with Crippen LogP contribution in [0.4, 0.5) is 5.69 Å². The molecule has 5 rings (SSSR count). The summed E-state index contributed by atoms with van der Waals surface area (Å²) in [7, 11) is 0. The van der Waals surface area contributed by atoms with Crippen LogP contribution in [-0.2, 0) is 17.8 Å². The lowest BCUT2D eigenvalue weighted by molar-refractivity contribution is -0.116. The highest BCUT2D eigenvalue weighted by Gasteiger charge is 2.15. The van der Waals surface area contributed by atoms with Crippen molar-refractivity contribution in [2.45, 2.75) is 13.0 Å². The van der Waals surface area contributed by atoms with Gasteiger partial charge in [-0.3, -0.25) is 4.79 Å². The molecule has 5 aromatic rings. The van der Waals surface area contributed by atoms with Crippen molar-refractivity contribution < 1.29 is 4.79 Å². The first-order chi connectivity index (χ1) is 15.2. The lowest BCUT2D eigenvalue weighted by atomic mass is 10.0. The molecular weight excluding hydrogens is 450 g/mol. The number of nitrogens with one attached hydrogen (secondary N) is 1. The molecule has 4 nitrogen and oxygen atoms in total. The van der Waals surface area contributed by atoms with E-state index in [1.165, 1.54) is 16.3 Å². The monoisotopic (exact) mass is 469 g/mol. The van der Waals surface area contributed by atoms with Crippen LogP contribution >= 0.6 is 15.9 Å². The second kappa shape index (κ2) is 8.36. The number of benzene rings is 4. The Labute approximate surface area is 188 Å². The first-order valence-corrected chi connectivity index (χ1v) is 10.9. The maximum absolute atomic E-state index is 12.9. The number of nitrogens with zero attached hydrogens (tertiary/aromatic N) is 2. The highest BCUT2D eigenvalue weighted by Crippen LogP contribution is 2.24. The first-order valence-electron chi connectivity index (χ1n) is 10.1. The van der Waals surface area contributed by atoms with E-state index in [4.69, 9.17) is 4.98 Å². The topological polar surface area (TPSA) is 46.9 Å². The van der Waals surface area contributed by atoms with E-state index in [0.29, 0.717) is 6.42 Å². The number of hydrogen-bond donors (Lipinski definition) is 1. The Morgan fingerprint density at radius 2 is 1.68 bits per heavy atom. The lowest BCUT2D eigenvalue weighted by Crippen LogP contribution is -2.20. The Morgan fingerprint density at radius 3 is 2.58 bits per heavy atom. The molecule has 0 radical (unpaired) electrons. The average molecular weight is 470 g/mol. The second-order valence-corrected chi connectivity index (χ2v) is 8.39. The fourth-order valence-corrected chi connectivity index (χ4v) is 4.36. The van der Waals surface area contributed by atoms with Crippen molar-refractivity contribution in [2.75, 3.05) is 5.32 Å². The molecule has 152 valence electrons. The highest BCUT2D eigenvalue weighted by molar-refractivity contribution is 9.10. The van der Waals surface area contributed by atoms with Crippen LogP contribution in [0.2, 0.25) is 0 Å². The van der Waals surface area contributed by atoms with Crippen LogP contribution in [0.3, 0.4) is 0 Å². The van der Waals surface area contributed by atoms with Crippen LogP contribution < -0.4 is 5.32 Å². The number of rotatable bonds is 5. The summed E-state index contributed by atoms with van der Waals surface area (Å²) in [4.78, 5) is 17.7. The van der Waals surface area contributed by atoms with E-state index in [2.05, 4.69) is 57.6 Å². The van der Waals surface area contributed by atoms with E-state index in [9.17, 15) is 4.79 Å². The van der Waals surface area contributed by atoms with Crippen molar-refractivity contribution in [3.63, 3.8) is 0 Å². The summed E-state index contributed by atoms with van der Waals surface area (Å²) in [5.74, 6) is 0.794. The van der Waals surface area contributed by atoms with E-state index in [0.717, 1.165) is 27.0 Å². The summed E-state index contributed by atoms with van der Waals surface area (Å²) >= 11 is 3.45. The van der Waals surface area contributed by atoms with Gasteiger partial charge in [0.25, 0.3) is 0 Å². The summed E-state index contributed by atoms with van der Waals surface area (Å²) in [5.41, 5.74) is 3.82. The summed E-state index contributed by atoms with van der Waals surface area (Å²) in [6.45, 7) is 0.202. The fraction of sp³-hybridized carbons (Fsp3) is 0.0769. The molecule has 5 heteroatoms. The van der Waals surface area contributed by atoms with Gasteiger partial charge in [-0.05, 0) is 46.7 Å². The number of anilines is 1. The molecule has 0 bridgehead atoms. The molecule has 1 N–H and O–H groups in total. The molecule has 0 saturated carbocycles. The molecular formula is C26H20BrN3O. The Hall–Kier alpha value is -3.44. The van der Waals surface area contributed by atoms with Gasteiger partial charge in [0.15, 0.2) is 0 Å². The number of aromatic nitrogens is 2. The number of carbonyl (C=O) groups is 1. The zero-order chi connectivity index (χ0) is 21.2. The van der Waals surface area contributed by atoms with Gasteiger partial charge in [0.1, 0.15) is 12.4 Å². The van der Waals surface area contributed by atoms with Crippen molar-refractivity contribution >= 4 is 49.3 Å². The molecule has 4 aromatic carbocycles. The Kier molecular flexibility index (Phi) is 5.26. The Bertz CT molecular complexity index is 1400. The minimum atomic E-state index is -0.0829. The highest BCUT2D eigenvalue weighted by atomic mass is 79.9. The quantitative estimate of drug-likeness (QED) is 0.333. The Balaban J connectivity index is 1.50. The number of hydrogen-bond acceptors (Lipinski definition) is 2. The van der Waals surface area contributed by atoms with E-state index in [-0.39, 0.29) is 12.5 Å². The number of fused-ring (bicyclic) bond motifs is 2. The molecule has 31 heavy (non-hydrogen) atoms. The second-order valence-electron chi connectivity index (χ2n) is 7.48. The minimum absolute atomic E-state index is 0.0829. The predicted octanol–water partition coefficient (Wildman–Crippen LogP) is 6.18. The Morgan fingerprint density at radius 1 is 0.903 bits per heavy atom. The smallest absolute Gasteiger partial charge is 0.244 e. The van der Waals surface area contributed by atoms with E-state index in [1.807, 2.05) is 59.2 Å². The third-order valence-corrected chi connectivity index (χ3v) is 5.87. The van der Waals surface area contributed by atoms with Gasteiger partial charge in [0.05, 0.1) is 11.0 Å². The van der Waals surface area contributed by atoms with E-state index >= 15 is 0 Å². The molecule has 1 amide bonds. The number of amides is 1. The van der Waals surface area contributed by atoms with Gasteiger partial charge in [-0.15, -0.1) is 0 Å². The molecule has 0 aliphatic heterocycles. The van der Waals surface area contributed by atoms with E-state index < -0.39 is 0 Å². The largest absolute Gasteiger partial charge is 0.324 e. The summed E-state index contributed by atoms with van der Waals surface area (Å²) < 4.78 is 2.94. The van der Waals surface area contributed by atoms with Gasteiger partial charge in [-0.2, -0.15) is 0 Å². The third kappa shape index (κ3) is 4.09. The SMILES string of the molecule is O=C(Cn1c(Cc2cccc3ccccc23)nc2ccccc21)Nc1cccc(Br)c1. The molecule has 0 aliphatic rings. The van der Waals surface area contributed by atoms with Crippen molar-refractivity contribution in [3.8, 4) is 0 Å². The van der Waals surface area contributed by atoms with Crippen molar-refractivity contribution in [1.29, 1.82) is 0 Å². The standard InChI is InChI=1S/C26H20BrN3O/c27-20-10-6-11-21(16-20)28-26(31)17-30-24-14-4-3-13-23(24)29-25(30)15-19-9-5-8-18-7-1-2-12-22(18)19/h1-14,16H,15,17H2,(H,28,31). The van der Waals surface area contributed by atoms with Gasteiger partial charge in [0, 0.05) is 16.6 Å². The summed E-state index contributed by atoms with van der Waals surface area (Å²) in [6, 6.07) is 30.2. The molecule has 0 aliphatic carbocycles. The molecule has 0 saturated heterocycles. The fourth-order valence-electron chi connectivity index (χ4n) is 3.96. The van der Waals surface area contributed by atoms with Crippen LogP contribution in [0.15, 0.2) is 95.5 Å². The van der Waals surface area contributed by atoms with E-state index in [1.54, 1.807) is 0 Å². The lowest BCUT2D eigenvalue weighted by Gasteiger charge is -2.12. The first kappa shape index (κ1) is 19.5. The van der Waals surface area contributed by atoms with Gasteiger partial charge < -0.3 is 9.88 Å². The molecule has 1 aromatic heterocycles. The third-order valence-electron chi connectivity index (χ3n) is 5.37. The van der Waals surface area contributed by atoms with Gasteiger partial charge in [-0.1, -0.05) is 76.6 Å². The molecule has 0 fully saturated rings.